The first kappa shape index (κ1) is 23.2. The molecule has 2 unspecified atom stereocenters. The van der Waals surface area contributed by atoms with Gasteiger partial charge in [-0.25, -0.2) is 4.98 Å². The second-order valence-electron chi connectivity index (χ2n) is 6.41. The van der Waals surface area contributed by atoms with Crippen LogP contribution < -0.4 is 10.6 Å². The van der Waals surface area contributed by atoms with E-state index in [1.165, 1.54) is 25.6 Å². The SMILES string of the molecule is COC(OC)C1C(=O)NC(SCC(=O)Nc2nccs2)=C(C#N)C1c1ccc(Cl)cc1. The average Bonchev–Trinajstić information content (AvgIpc) is 3.27. The van der Waals surface area contributed by atoms with E-state index in [-0.39, 0.29) is 17.6 Å². The molecule has 0 aliphatic carbocycles. The average molecular weight is 479 g/mol. The van der Waals surface area contributed by atoms with Gasteiger partial charge in [-0.2, -0.15) is 5.26 Å². The summed E-state index contributed by atoms with van der Waals surface area (Å²) in [6, 6.07) is 9.10. The summed E-state index contributed by atoms with van der Waals surface area (Å²) in [5, 5.41) is 18.5. The maximum atomic E-state index is 13.0. The number of nitrogens with zero attached hydrogens (tertiary/aromatic N) is 2. The van der Waals surface area contributed by atoms with Gasteiger partial charge < -0.3 is 20.1 Å². The molecule has 0 radical (unpaired) electrons. The van der Waals surface area contributed by atoms with Gasteiger partial charge in [0.05, 0.1) is 22.4 Å². The molecule has 11 heteroatoms. The number of nitriles is 1. The minimum atomic E-state index is -0.872. The van der Waals surface area contributed by atoms with E-state index in [0.717, 1.165) is 11.8 Å². The number of carbonyl (C=O) groups is 2. The summed E-state index contributed by atoms with van der Waals surface area (Å²) >= 11 is 8.39. The van der Waals surface area contributed by atoms with Gasteiger partial charge in [-0.15, -0.1) is 11.3 Å². The number of rotatable bonds is 8. The molecule has 0 saturated carbocycles. The van der Waals surface area contributed by atoms with E-state index in [1.54, 1.807) is 35.8 Å². The molecule has 2 atom stereocenters. The van der Waals surface area contributed by atoms with Gasteiger partial charge in [-0.3, -0.25) is 9.59 Å². The molecule has 0 spiro atoms. The first-order valence-corrected chi connectivity index (χ1v) is 11.3. The van der Waals surface area contributed by atoms with Crippen molar-refractivity contribution in [3.05, 3.63) is 57.0 Å². The molecule has 0 bridgehead atoms. The Balaban J connectivity index is 1.92. The van der Waals surface area contributed by atoms with Crippen LogP contribution in [0.5, 0.6) is 0 Å². The molecular formula is C20H19ClN4O4S2. The van der Waals surface area contributed by atoms with Crippen molar-refractivity contribution in [2.45, 2.75) is 12.2 Å². The smallest absolute Gasteiger partial charge is 0.236 e. The van der Waals surface area contributed by atoms with Gasteiger partial charge in [-0.1, -0.05) is 35.5 Å². The highest BCUT2D eigenvalue weighted by molar-refractivity contribution is 8.03. The van der Waals surface area contributed by atoms with Crippen LogP contribution in [0.2, 0.25) is 5.02 Å². The predicted octanol–water partition coefficient (Wildman–Crippen LogP) is 3.35. The number of methoxy groups -OCH3 is 2. The monoisotopic (exact) mass is 478 g/mol. The largest absolute Gasteiger partial charge is 0.355 e. The molecule has 2 heterocycles. The van der Waals surface area contributed by atoms with Crippen molar-refractivity contribution < 1.29 is 19.1 Å². The number of benzene rings is 1. The number of thiazole rings is 1. The minimum Gasteiger partial charge on any atom is -0.355 e. The minimum absolute atomic E-state index is 0.00361. The topological polar surface area (TPSA) is 113 Å². The van der Waals surface area contributed by atoms with E-state index in [1.807, 2.05) is 0 Å². The van der Waals surface area contributed by atoms with Crippen molar-refractivity contribution in [1.82, 2.24) is 10.3 Å². The normalized spacial score (nSPS) is 18.6. The molecular weight excluding hydrogens is 460 g/mol. The zero-order valence-corrected chi connectivity index (χ0v) is 19.0. The lowest BCUT2D eigenvalue weighted by Crippen LogP contribution is -2.46. The fraction of sp³-hybridized carbons (Fsp3) is 0.300. The summed E-state index contributed by atoms with van der Waals surface area (Å²) < 4.78 is 10.7. The van der Waals surface area contributed by atoms with Crippen LogP contribution in [0, 0.1) is 17.2 Å². The molecule has 0 fully saturated rings. The highest BCUT2D eigenvalue weighted by atomic mass is 35.5. The lowest BCUT2D eigenvalue weighted by atomic mass is 9.78. The van der Waals surface area contributed by atoms with Crippen LogP contribution in [0.15, 0.2) is 46.4 Å². The third kappa shape index (κ3) is 5.44. The second-order valence-corrected chi connectivity index (χ2v) is 8.73. The maximum absolute atomic E-state index is 13.0. The maximum Gasteiger partial charge on any atom is 0.236 e. The number of hydrogen-bond acceptors (Lipinski definition) is 8. The van der Waals surface area contributed by atoms with Crippen molar-refractivity contribution in [2.24, 2.45) is 5.92 Å². The van der Waals surface area contributed by atoms with E-state index in [0.29, 0.717) is 26.3 Å². The number of carbonyl (C=O) groups excluding carboxylic acids is 2. The van der Waals surface area contributed by atoms with Crippen LogP contribution in [0.3, 0.4) is 0 Å². The Kier molecular flexibility index (Phi) is 8.06. The van der Waals surface area contributed by atoms with Crippen molar-refractivity contribution >= 4 is 51.6 Å². The van der Waals surface area contributed by atoms with E-state index < -0.39 is 18.1 Å². The molecule has 2 aromatic rings. The highest BCUT2D eigenvalue weighted by Crippen LogP contribution is 2.42. The number of ether oxygens (including phenoxy) is 2. The van der Waals surface area contributed by atoms with Crippen molar-refractivity contribution in [2.75, 3.05) is 25.3 Å². The van der Waals surface area contributed by atoms with E-state index in [2.05, 4.69) is 21.7 Å². The summed E-state index contributed by atoms with van der Waals surface area (Å²) in [4.78, 5) is 29.3. The van der Waals surface area contributed by atoms with Crippen LogP contribution in [-0.4, -0.2) is 43.1 Å². The first-order valence-electron chi connectivity index (χ1n) is 9.06. The van der Waals surface area contributed by atoms with Gasteiger partial charge in [0.15, 0.2) is 11.4 Å². The molecule has 0 saturated heterocycles. The van der Waals surface area contributed by atoms with Crippen LogP contribution in [-0.2, 0) is 19.1 Å². The predicted molar refractivity (Wildman–Crippen MR) is 119 cm³/mol. The summed E-state index contributed by atoms with van der Waals surface area (Å²) in [5.41, 5.74) is 1.03. The van der Waals surface area contributed by atoms with E-state index >= 15 is 0 Å². The summed E-state index contributed by atoms with van der Waals surface area (Å²) in [6.45, 7) is 0. The lowest BCUT2D eigenvalue weighted by molar-refractivity contribution is -0.160. The van der Waals surface area contributed by atoms with Crippen molar-refractivity contribution in [1.29, 1.82) is 5.26 Å². The first-order chi connectivity index (χ1) is 15.0. The van der Waals surface area contributed by atoms with Crippen LogP contribution in [0.1, 0.15) is 11.5 Å². The molecule has 31 heavy (non-hydrogen) atoms. The molecule has 1 aromatic heterocycles. The van der Waals surface area contributed by atoms with Crippen molar-refractivity contribution in [3.63, 3.8) is 0 Å². The fourth-order valence-electron chi connectivity index (χ4n) is 3.26. The van der Waals surface area contributed by atoms with E-state index in [4.69, 9.17) is 21.1 Å². The zero-order chi connectivity index (χ0) is 22.4. The Morgan fingerprint density at radius 2 is 2.10 bits per heavy atom. The Morgan fingerprint density at radius 1 is 1.39 bits per heavy atom. The molecule has 3 rings (SSSR count). The highest BCUT2D eigenvalue weighted by Gasteiger charge is 2.44. The summed E-state index contributed by atoms with van der Waals surface area (Å²) in [6.07, 6.45) is 0.716. The van der Waals surface area contributed by atoms with Crippen LogP contribution >= 0.6 is 34.7 Å². The molecule has 1 aromatic carbocycles. The standard InChI is InChI=1S/C20H19ClN4O4S2/c1-28-19(29-2)16-15(11-3-5-12(21)6-4-11)13(9-22)18(25-17(16)27)31-10-14(26)24-20-23-7-8-30-20/h3-8,15-16,19H,10H2,1-2H3,(H,25,27)(H,23,24,26). The van der Waals surface area contributed by atoms with E-state index in [9.17, 15) is 14.9 Å². The Hall–Kier alpha value is -2.42. The number of anilines is 1. The van der Waals surface area contributed by atoms with Gasteiger partial charge in [0.2, 0.25) is 11.8 Å². The number of halogens is 1. The Morgan fingerprint density at radius 3 is 2.68 bits per heavy atom. The van der Waals surface area contributed by atoms with Gasteiger partial charge in [0.25, 0.3) is 0 Å². The van der Waals surface area contributed by atoms with Crippen LogP contribution in [0.25, 0.3) is 0 Å². The summed E-state index contributed by atoms with van der Waals surface area (Å²) in [5.74, 6) is -2.10. The Bertz CT molecular complexity index is 1000. The number of thioether (sulfide) groups is 1. The number of aromatic nitrogens is 1. The number of amides is 2. The molecule has 162 valence electrons. The lowest BCUT2D eigenvalue weighted by Gasteiger charge is -2.35. The third-order valence-corrected chi connectivity index (χ3v) is 6.55. The molecule has 1 aliphatic heterocycles. The van der Waals surface area contributed by atoms with Crippen molar-refractivity contribution in [3.8, 4) is 6.07 Å². The fourth-order valence-corrected chi connectivity index (χ4v) is 4.78. The third-order valence-electron chi connectivity index (χ3n) is 4.59. The van der Waals surface area contributed by atoms with Gasteiger partial charge in [0, 0.05) is 36.7 Å². The molecule has 1 aliphatic rings. The van der Waals surface area contributed by atoms with Crippen LogP contribution in [0.4, 0.5) is 5.13 Å². The second kappa shape index (κ2) is 10.7. The number of allylic oxidation sites excluding steroid dienone is 1. The van der Waals surface area contributed by atoms with Gasteiger partial charge in [0.1, 0.15) is 5.92 Å². The van der Waals surface area contributed by atoms with Gasteiger partial charge in [-0.05, 0) is 17.7 Å². The molecule has 2 N–H and O–H groups in total. The molecule has 8 nitrogen and oxygen atoms in total. The summed E-state index contributed by atoms with van der Waals surface area (Å²) in [7, 11) is 2.87. The van der Waals surface area contributed by atoms with Gasteiger partial charge >= 0.3 is 0 Å². The Labute approximate surface area is 192 Å². The number of nitrogens with one attached hydrogen (secondary N) is 2. The quantitative estimate of drug-likeness (QED) is 0.559. The molecule has 2 amide bonds. The number of hydrogen-bond donors (Lipinski definition) is 2. The zero-order valence-electron chi connectivity index (χ0n) is 16.6.